The van der Waals surface area contributed by atoms with Crippen LogP contribution in [-0.2, 0) is 28.9 Å². The van der Waals surface area contributed by atoms with Crippen LogP contribution < -0.4 is 15.5 Å². The van der Waals surface area contributed by atoms with Gasteiger partial charge in [-0.15, -0.1) is 0 Å². The van der Waals surface area contributed by atoms with E-state index in [0.29, 0.717) is 53.7 Å². The Morgan fingerprint density at radius 1 is 1.23 bits per heavy atom. The molecule has 0 spiro atoms. The van der Waals surface area contributed by atoms with Crippen molar-refractivity contribution in [1.82, 2.24) is 15.3 Å². The number of carbonyl (C=O) groups excluding carboxylic acids is 1. The van der Waals surface area contributed by atoms with E-state index < -0.39 is 15.7 Å². The number of carbonyl (C=O) groups is 1. The third-order valence-electron chi connectivity index (χ3n) is 6.19. The van der Waals surface area contributed by atoms with Gasteiger partial charge in [-0.3, -0.25) is 10.1 Å². The van der Waals surface area contributed by atoms with Gasteiger partial charge in [-0.2, -0.15) is 0 Å². The molecule has 1 aromatic carbocycles. The summed E-state index contributed by atoms with van der Waals surface area (Å²) in [6.07, 6.45) is 0.775. The number of nitrogens with zero attached hydrogens (tertiary/aromatic N) is 4. The van der Waals surface area contributed by atoms with Gasteiger partial charge in [-0.1, -0.05) is 28.6 Å². The molecule has 40 heavy (non-hydrogen) atoms. The highest BCUT2D eigenvalue weighted by atomic mass is 32.2. The summed E-state index contributed by atoms with van der Waals surface area (Å²) < 4.78 is 35.6. The number of hydrogen-bond donors (Lipinski definition) is 2. The molecule has 1 fully saturated rings. The van der Waals surface area contributed by atoms with Crippen LogP contribution >= 0.6 is 11.3 Å². The third-order valence-corrected chi connectivity index (χ3v) is 8.89. The number of methoxy groups -OCH3 is 1. The van der Waals surface area contributed by atoms with Crippen molar-refractivity contribution >= 4 is 54.1 Å². The SMILES string of the molecule is CNCCN(C)c1ccc2nc(NC(=O)C(=NO[C@@H]3CCOC3)c3ccc(S(=O)(=O)CCCOC)cc3)sc2n1. The Hall–Kier alpha value is -3.17. The Morgan fingerprint density at radius 3 is 2.73 bits per heavy atom. The Balaban J connectivity index is 1.54. The van der Waals surface area contributed by atoms with Gasteiger partial charge in [-0.25, -0.2) is 18.4 Å². The second kappa shape index (κ2) is 13.9. The quantitative estimate of drug-likeness (QED) is 0.163. The molecule has 12 nitrogen and oxygen atoms in total. The van der Waals surface area contributed by atoms with E-state index in [1.54, 1.807) is 12.1 Å². The van der Waals surface area contributed by atoms with E-state index in [-0.39, 0.29) is 22.5 Å². The average molecular weight is 591 g/mol. The molecule has 0 bridgehead atoms. The summed E-state index contributed by atoms with van der Waals surface area (Å²) in [6.45, 7) is 2.90. The number of rotatable bonds is 14. The van der Waals surface area contributed by atoms with Crippen LogP contribution in [-0.4, -0.2) is 96.0 Å². The van der Waals surface area contributed by atoms with E-state index in [4.69, 9.17) is 14.3 Å². The van der Waals surface area contributed by atoms with E-state index in [1.807, 2.05) is 31.1 Å². The van der Waals surface area contributed by atoms with Gasteiger partial charge in [0.15, 0.2) is 26.8 Å². The number of pyridine rings is 1. The number of anilines is 2. The van der Waals surface area contributed by atoms with E-state index in [1.165, 1.54) is 30.6 Å². The maximum Gasteiger partial charge on any atom is 0.280 e. The fourth-order valence-electron chi connectivity index (χ4n) is 3.90. The number of fused-ring (bicyclic) bond motifs is 1. The van der Waals surface area contributed by atoms with Gasteiger partial charge >= 0.3 is 0 Å². The first kappa shape index (κ1) is 29.8. The van der Waals surface area contributed by atoms with Gasteiger partial charge in [0, 0.05) is 45.8 Å². The molecule has 1 saturated heterocycles. The molecule has 0 saturated carbocycles. The number of benzene rings is 1. The third kappa shape index (κ3) is 7.73. The van der Waals surface area contributed by atoms with Gasteiger partial charge in [0.1, 0.15) is 16.2 Å². The van der Waals surface area contributed by atoms with Crippen molar-refractivity contribution < 1.29 is 27.5 Å². The molecule has 14 heteroatoms. The summed E-state index contributed by atoms with van der Waals surface area (Å²) in [5, 5.41) is 10.4. The topological polar surface area (TPSA) is 144 Å². The van der Waals surface area contributed by atoms with Crippen molar-refractivity contribution in [3.8, 4) is 0 Å². The fraction of sp³-hybridized carbons (Fsp3) is 0.462. The predicted molar refractivity (Wildman–Crippen MR) is 155 cm³/mol. The second-order valence-electron chi connectivity index (χ2n) is 9.21. The molecule has 2 aromatic heterocycles. The van der Waals surface area contributed by atoms with Crippen molar-refractivity contribution in [2.24, 2.45) is 5.16 Å². The smallest absolute Gasteiger partial charge is 0.280 e. The van der Waals surface area contributed by atoms with Crippen LogP contribution in [0.15, 0.2) is 46.4 Å². The van der Waals surface area contributed by atoms with Crippen LogP contribution in [0.2, 0.25) is 0 Å². The lowest BCUT2D eigenvalue weighted by Crippen LogP contribution is -2.27. The van der Waals surface area contributed by atoms with Crippen LogP contribution in [0.4, 0.5) is 10.9 Å². The standard InChI is InChI=1S/C26H34N6O6S2/c1-27-12-13-32(2)22-10-9-21-25(29-22)39-26(28-21)30-24(33)23(31-38-19-11-15-37-17-19)18-5-7-20(8-6-18)40(34,35)16-4-14-36-3/h5-10,19,27H,4,11-17H2,1-3H3,(H,28,30,33)/t19-/m1/s1. The summed E-state index contributed by atoms with van der Waals surface area (Å²) in [7, 11) is 1.90. The minimum absolute atomic E-state index is 0.00469. The van der Waals surface area contributed by atoms with Crippen molar-refractivity contribution in [3.63, 3.8) is 0 Å². The molecule has 1 aliphatic rings. The van der Waals surface area contributed by atoms with E-state index >= 15 is 0 Å². The second-order valence-corrected chi connectivity index (χ2v) is 12.3. The maximum absolute atomic E-state index is 13.4. The molecule has 2 N–H and O–H groups in total. The van der Waals surface area contributed by atoms with Crippen LogP contribution in [0.5, 0.6) is 0 Å². The largest absolute Gasteiger partial charge is 0.389 e. The lowest BCUT2D eigenvalue weighted by molar-refractivity contribution is -0.110. The summed E-state index contributed by atoms with van der Waals surface area (Å²) in [6, 6.07) is 9.77. The Morgan fingerprint density at radius 2 is 2.02 bits per heavy atom. The Kier molecular flexibility index (Phi) is 10.4. The molecule has 1 atom stereocenters. The van der Waals surface area contributed by atoms with Crippen LogP contribution in [0.25, 0.3) is 10.3 Å². The first-order valence-corrected chi connectivity index (χ1v) is 15.4. The summed E-state index contributed by atoms with van der Waals surface area (Å²) in [4.78, 5) is 31.0. The first-order valence-electron chi connectivity index (χ1n) is 12.9. The number of oxime groups is 1. The molecule has 0 radical (unpaired) electrons. The molecular weight excluding hydrogens is 556 g/mol. The minimum Gasteiger partial charge on any atom is -0.389 e. The van der Waals surface area contributed by atoms with Crippen LogP contribution in [0.1, 0.15) is 18.4 Å². The molecule has 1 aliphatic heterocycles. The van der Waals surface area contributed by atoms with Gasteiger partial charge in [-0.05, 0) is 37.7 Å². The lowest BCUT2D eigenvalue weighted by Gasteiger charge is -2.17. The molecule has 3 aromatic rings. The van der Waals surface area contributed by atoms with Gasteiger partial charge < -0.3 is 24.5 Å². The highest BCUT2D eigenvalue weighted by molar-refractivity contribution is 7.91. The number of ether oxygens (including phenoxy) is 2. The number of amides is 1. The number of sulfone groups is 1. The summed E-state index contributed by atoms with van der Waals surface area (Å²) >= 11 is 1.25. The normalized spacial score (nSPS) is 15.9. The molecule has 1 amide bonds. The zero-order chi connectivity index (χ0) is 28.5. The summed E-state index contributed by atoms with van der Waals surface area (Å²) in [5.74, 6) is 0.224. The average Bonchev–Trinajstić information content (AvgIpc) is 3.61. The molecule has 0 unspecified atom stereocenters. The minimum atomic E-state index is -3.49. The zero-order valence-electron chi connectivity index (χ0n) is 22.8. The fourth-order valence-corrected chi connectivity index (χ4v) is 6.02. The van der Waals surface area contributed by atoms with Crippen molar-refractivity contribution in [2.45, 2.75) is 23.8 Å². The predicted octanol–water partition coefficient (Wildman–Crippen LogP) is 2.31. The molecule has 0 aliphatic carbocycles. The van der Waals surface area contributed by atoms with Crippen molar-refractivity contribution in [3.05, 3.63) is 42.0 Å². The van der Waals surface area contributed by atoms with Gasteiger partial charge in [0.05, 0.1) is 23.9 Å². The number of thiazole rings is 1. The molecule has 216 valence electrons. The highest BCUT2D eigenvalue weighted by Crippen LogP contribution is 2.27. The zero-order valence-corrected chi connectivity index (χ0v) is 24.4. The summed E-state index contributed by atoms with van der Waals surface area (Å²) in [5.41, 5.74) is 1.06. The lowest BCUT2D eigenvalue weighted by atomic mass is 10.1. The van der Waals surface area contributed by atoms with Gasteiger partial charge in [0.2, 0.25) is 0 Å². The van der Waals surface area contributed by atoms with Crippen molar-refractivity contribution in [2.75, 3.05) is 70.1 Å². The van der Waals surface area contributed by atoms with E-state index in [2.05, 4.69) is 25.8 Å². The Bertz CT molecular complexity index is 1420. The van der Waals surface area contributed by atoms with E-state index in [9.17, 15) is 13.2 Å². The van der Waals surface area contributed by atoms with Crippen molar-refractivity contribution in [1.29, 1.82) is 0 Å². The number of nitrogens with one attached hydrogen (secondary N) is 2. The van der Waals surface area contributed by atoms with Gasteiger partial charge in [0.25, 0.3) is 5.91 Å². The monoisotopic (exact) mass is 590 g/mol. The number of aromatic nitrogens is 2. The molecule has 4 rings (SSSR count). The number of likely N-dealkylation sites (N-methyl/N-ethyl adjacent to an activating group) is 2. The van der Waals surface area contributed by atoms with E-state index in [0.717, 1.165) is 18.9 Å². The van der Waals surface area contributed by atoms with Crippen LogP contribution in [0.3, 0.4) is 0 Å². The first-order chi connectivity index (χ1) is 19.3. The maximum atomic E-state index is 13.4. The van der Waals surface area contributed by atoms with Crippen LogP contribution in [0, 0.1) is 0 Å². The molecule has 3 heterocycles. The number of hydrogen-bond acceptors (Lipinski definition) is 12. The highest BCUT2D eigenvalue weighted by Gasteiger charge is 2.22. The Labute approximate surface area is 237 Å². The molecular formula is C26H34N6O6S2.